The fourth-order valence-corrected chi connectivity index (χ4v) is 1.50. The number of carbonyl (C=O) groups excluding carboxylic acids is 2. The Kier molecular flexibility index (Phi) is 10.9. The molecule has 0 bridgehead atoms. The monoisotopic (exact) mass is 308 g/mol. The van der Waals surface area contributed by atoms with Crippen LogP contribution in [0.15, 0.2) is 0 Å². The number of aliphatic hydroxyl groups is 4. The van der Waals surface area contributed by atoms with Gasteiger partial charge in [0.25, 0.3) is 0 Å². The number of hydrogen-bond donors (Lipinski definition) is 6. The summed E-state index contributed by atoms with van der Waals surface area (Å²) < 4.78 is 0. The molecule has 0 aromatic heterocycles. The molecule has 7 N–H and O–H groups in total. The first-order valence-corrected chi connectivity index (χ1v) is 6.72. The van der Waals surface area contributed by atoms with Gasteiger partial charge in [-0.3, -0.25) is 9.63 Å². The van der Waals surface area contributed by atoms with Crippen molar-refractivity contribution in [2.45, 2.75) is 50.1 Å². The lowest BCUT2D eigenvalue weighted by Gasteiger charge is -2.25. The van der Waals surface area contributed by atoms with Crippen LogP contribution in [-0.2, 0) is 14.4 Å². The third-order valence-corrected chi connectivity index (χ3v) is 2.82. The van der Waals surface area contributed by atoms with Gasteiger partial charge in [0.15, 0.2) is 12.4 Å². The Hall–Kier alpha value is -1.10. The van der Waals surface area contributed by atoms with Crippen LogP contribution < -0.4 is 11.2 Å². The van der Waals surface area contributed by atoms with Gasteiger partial charge in [-0.15, -0.1) is 0 Å². The number of nitrogens with two attached hydrogens (primary N) is 1. The van der Waals surface area contributed by atoms with Gasteiger partial charge in [-0.1, -0.05) is 6.42 Å². The molecule has 0 rings (SSSR count). The summed E-state index contributed by atoms with van der Waals surface area (Å²) in [7, 11) is 0. The van der Waals surface area contributed by atoms with E-state index in [9.17, 15) is 19.8 Å². The molecule has 124 valence electrons. The van der Waals surface area contributed by atoms with Crippen LogP contribution in [0.2, 0.25) is 0 Å². The molecular formula is C12H24N2O7. The summed E-state index contributed by atoms with van der Waals surface area (Å²) in [6.07, 6.45) is -4.23. The lowest BCUT2D eigenvalue weighted by Crippen LogP contribution is -2.49. The van der Waals surface area contributed by atoms with Gasteiger partial charge in [-0.25, -0.2) is 5.48 Å². The van der Waals surface area contributed by atoms with E-state index < -0.39 is 36.9 Å². The van der Waals surface area contributed by atoms with Gasteiger partial charge in [0.1, 0.15) is 18.3 Å². The third kappa shape index (κ3) is 8.05. The molecule has 0 aliphatic rings. The average Bonchev–Trinajstić information content (AvgIpc) is 2.50. The second-order valence-corrected chi connectivity index (χ2v) is 4.57. The number of hydrogen-bond acceptors (Lipinski definition) is 8. The van der Waals surface area contributed by atoms with Crippen molar-refractivity contribution in [2.75, 3.05) is 13.2 Å². The maximum absolute atomic E-state index is 11.4. The van der Waals surface area contributed by atoms with E-state index in [0.29, 0.717) is 13.0 Å². The van der Waals surface area contributed by atoms with Crippen molar-refractivity contribution in [1.29, 1.82) is 0 Å². The number of unbranched alkanes of at least 4 members (excludes halogenated alkanes) is 2. The summed E-state index contributed by atoms with van der Waals surface area (Å²) in [5, 5.41) is 36.8. The number of aldehydes is 1. The van der Waals surface area contributed by atoms with Gasteiger partial charge in [-0.05, 0) is 19.4 Å². The number of hydroxylamine groups is 1. The molecule has 0 spiro atoms. The minimum absolute atomic E-state index is 0.170. The first kappa shape index (κ1) is 19.9. The SMILES string of the molecule is NCCCCCC(=O)NO[C@@H](C=O)[C@@H](O)[C@@H](O)[C@H](O)CO. The van der Waals surface area contributed by atoms with Crippen molar-refractivity contribution in [3.05, 3.63) is 0 Å². The van der Waals surface area contributed by atoms with E-state index in [0.717, 1.165) is 12.8 Å². The maximum atomic E-state index is 11.4. The molecular weight excluding hydrogens is 284 g/mol. The van der Waals surface area contributed by atoms with Crippen molar-refractivity contribution in [1.82, 2.24) is 5.48 Å². The standard InChI is InChI=1S/C12H24N2O7/c13-5-3-1-2-4-10(18)14-21-9(7-16)12(20)11(19)8(17)6-15/h7-9,11-12,15,17,19-20H,1-6,13H2,(H,14,18)/t8-,9+,11+,12-/m1/s1. The Balaban J connectivity index is 4.13. The summed E-state index contributed by atoms with van der Waals surface area (Å²) in [5.41, 5.74) is 7.29. The highest BCUT2D eigenvalue weighted by molar-refractivity contribution is 5.74. The van der Waals surface area contributed by atoms with Crippen LogP contribution in [0, 0.1) is 0 Å². The summed E-state index contributed by atoms with van der Waals surface area (Å²) in [6.45, 7) is -0.250. The van der Waals surface area contributed by atoms with E-state index in [4.69, 9.17) is 20.8 Å². The van der Waals surface area contributed by atoms with E-state index >= 15 is 0 Å². The van der Waals surface area contributed by atoms with Crippen molar-refractivity contribution in [3.8, 4) is 0 Å². The predicted octanol–water partition coefficient (Wildman–Crippen LogP) is -2.80. The zero-order valence-corrected chi connectivity index (χ0v) is 11.7. The van der Waals surface area contributed by atoms with E-state index in [2.05, 4.69) is 0 Å². The number of nitrogens with one attached hydrogen (secondary N) is 1. The molecule has 0 radical (unpaired) electrons. The van der Waals surface area contributed by atoms with Gasteiger partial charge in [0.2, 0.25) is 5.91 Å². The van der Waals surface area contributed by atoms with Gasteiger partial charge in [0.05, 0.1) is 6.61 Å². The second kappa shape index (κ2) is 11.5. The summed E-state index contributed by atoms with van der Waals surface area (Å²) in [6, 6.07) is 0. The van der Waals surface area contributed by atoms with E-state index in [1.54, 1.807) is 0 Å². The van der Waals surface area contributed by atoms with Crippen LogP contribution in [-0.4, -0.2) is 70.2 Å². The molecule has 21 heavy (non-hydrogen) atoms. The minimum Gasteiger partial charge on any atom is -0.394 e. The quantitative estimate of drug-likeness (QED) is 0.128. The van der Waals surface area contributed by atoms with Crippen molar-refractivity contribution >= 4 is 12.2 Å². The summed E-state index contributed by atoms with van der Waals surface area (Å²) >= 11 is 0. The largest absolute Gasteiger partial charge is 0.394 e. The third-order valence-electron chi connectivity index (χ3n) is 2.82. The highest BCUT2D eigenvalue weighted by atomic mass is 16.7. The Labute approximate surface area is 122 Å². The Morgan fingerprint density at radius 3 is 2.38 bits per heavy atom. The predicted molar refractivity (Wildman–Crippen MR) is 71.7 cm³/mol. The normalized spacial score (nSPS) is 16.8. The van der Waals surface area contributed by atoms with Crippen LogP contribution in [0.1, 0.15) is 25.7 Å². The molecule has 0 fully saturated rings. The number of amides is 1. The molecule has 0 unspecified atom stereocenters. The second-order valence-electron chi connectivity index (χ2n) is 4.57. The van der Waals surface area contributed by atoms with Crippen LogP contribution in [0.4, 0.5) is 0 Å². The first-order valence-electron chi connectivity index (χ1n) is 6.72. The molecule has 0 saturated carbocycles. The molecule has 0 saturated heterocycles. The number of carbonyl (C=O) groups is 2. The van der Waals surface area contributed by atoms with Gasteiger partial charge < -0.3 is 31.0 Å². The molecule has 0 aliphatic carbocycles. The number of rotatable bonds is 12. The molecule has 9 heteroatoms. The van der Waals surface area contributed by atoms with Gasteiger partial charge >= 0.3 is 0 Å². The smallest absolute Gasteiger partial charge is 0.243 e. The molecule has 1 amide bonds. The highest BCUT2D eigenvalue weighted by Crippen LogP contribution is 2.06. The van der Waals surface area contributed by atoms with Crippen LogP contribution in [0.25, 0.3) is 0 Å². The van der Waals surface area contributed by atoms with Crippen molar-refractivity contribution in [2.24, 2.45) is 5.73 Å². The van der Waals surface area contributed by atoms with E-state index in [1.165, 1.54) is 0 Å². The van der Waals surface area contributed by atoms with E-state index in [-0.39, 0.29) is 12.7 Å². The zero-order valence-electron chi connectivity index (χ0n) is 11.7. The fraction of sp³-hybridized carbons (Fsp3) is 0.833. The number of aliphatic hydroxyl groups excluding tert-OH is 4. The molecule has 9 nitrogen and oxygen atoms in total. The average molecular weight is 308 g/mol. The van der Waals surface area contributed by atoms with Gasteiger partial charge in [-0.2, -0.15) is 0 Å². The molecule has 0 aliphatic heterocycles. The Bertz CT molecular complexity index is 303. The Morgan fingerprint density at radius 2 is 1.86 bits per heavy atom. The Morgan fingerprint density at radius 1 is 1.19 bits per heavy atom. The topological polar surface area (TPSA) is 162 Å². The highest BCUT2D eigenvalue weighted by Gasteiger charge is 2.32. The first-order chi connectivity index (χ1) is 9.97. The van der Waals surface area contributed by atoms with E-state index in [1.807, 2.05) is 5.48 Å². The van der Waals surface area contributed by atoms with Crippen LogP contribution in [0.3, 0.4) is 0 Å². The zero-order chi connectivity index (χ0) is 16.3. The molecule has 4 atom stereocenters. The van der Waals surface area contributed by atoms with Crippen molar-refractivity contribution in [3.63, 3.8) is 0 Å². The maximum Gasteiger partial charge on any atom is 0.243 e. The lowest BCUT2D eigenvalue weighted by molar-refractivity contribution is -0.166. The summed E-state index contributed by atoms with van der Waals surface area (Å²) in [4.78, 5) is 26.9. The molecule has 0 aromatic rings. The van der Waals surface area contributed by atoms with Crippen LogP contribution in [0.5, 0.6) is 0 Å². The lowest BCUT2D eigenvalue weighted by atomic mass is 10.0. The molecule has 0 heterocycles. The van der Waals surface area contributed by atoms with Crippen molar-refractivity contribution < 1.29 is 34.9 Å². The van der Waals surface area contributed by atoms with Gasteiger partial charge in [0, 0.05) is 6.42 Å². The molecule has 0 aromatic carbocycles. The summed E-state index contributed by atoms with van der Waals surface area (Å²) in [5.74, 6) is -0.483. The fourth-order valence-electron chi connectivity index (χ4n) is 1.50. The van der Waals surface area contributed by atoms with Crippen LogP contribution >= 0.6 is 0 Å². The minimum atomic E-state index is -1.79.